The summed E-state index contributed by atoms with van der Waals surface area (Å²) >= 11 is 1.33. The lowest BCUT2D eigenvalue weighted by molar-refractivity contribution is 0.102. The number of carbonyl (C=O) groups is 1. The third-order valence-electron chi connectivity index (χ3n) is 6.48. The first-order valence-electron chi connectivity index (χ1n) is 11.8. The second-order valence-corrected chi connectivity index (χ2v) is 9.56. The van der Waals surface area contributed by atoms with Gasteiger partial charge in [-0.1, -0.05) is 79.3 Å². The minimum Gasteiger partial charge on any atom is -0.360 e. The summed E-state index contributed by atoms with van der Waals surface area (Å²) in [5.41, 5.74) is 4.47. The predicted molar refractivity (Wildman–Crippen MR) is 143 cm³/mol. The molecule has 7 nitrogen and oxygen atoms in total. The largest absolute Gasteiger partial charge is 0.360 e. The van der Waals surface area contributed by atoms with Gasteiger partial charge in [0, 0.05) is 22.7 Å². The average Bonchev–Trinajstić information content (AvgIpc) is 3.55. The van der Waals surface area contributed by atoms with Crippen LogP contribution in [0.2, 0.25) is 0 Å². The molecule has 0 atom stereocenters. The molecule has 0 aliphatic carbocycles. The molecular formula is C28H23N5O2S. The van der Waals surface area contributed by atoms with Gasteiger partial charge in [-0.2, -0.15) is 0 Å². The number of H-pyrrole nitrogens is 1. The zero-order valence-corrected chi connectivity index (χ0v) is 20.5. The monoisotopic (exact) mass is 493 g/mol. The second kappa shape index (κ2) is 9.13. The van der Waals surface area contributed by atoms with Crippen molar-refractivity contribution in [1.82, 2.24) is 24.1 Å². The Bertz CT molecular complexity index is 1800. The number of aromatic nitrogens is 5. The third kappa shape index (κ3) is 3.70. The number of carbonyl (C=O) groups excluding carboxylic acids is 1. The Labute approximate surface area is 210 Å². The van der Waals surface area contributed by atoms with Crippen molar-refractivity contribution in [1.29, 1.82) is 0 Å². The maximum absolute atomic E-state index is 13.4. The molecular weight excluding hydrogens is 470 g/mol. The molecule has 0 radical (unpaired) electrons. The van der Waals surface area contributed by atoms with Gasteiger partial charge in [0.15, 0.2) is 10.9 Å². The summed E-state index contributed by atoms with van der Waals surface area (Å²) in [5, 5.41) is 10.9. The number of hydrogen-bond acceptors (Lipinski definition) is 5. The average molecular weight is 494 g/mol. The molecule has 0 unspecified atom stereocenters. The van der Waals surface area contributed by atoms with Crippen molar-refractivity contribution in [3.05, 3.63) is 106 Å². The van der Waals surface area contributed by atoms with Gasteiger partial charge in [0.25, 0.3) is 5.56 Å². The number of thioether (sulfide) groups is 1. The van der Waals surface area contributed by atoms with E-state index in [0.29, 0.717) is 28.4 Å². The molecule has 0 amide bonds. The number of para-hydroxylation sites is 2. The quantitative estimate of drug-likeness (QED) is 0.247. The van der Waals surface area contributed by atoms with E-state index in [-0.39, 0.29) is 17.1 Å². The minimum atomic E-state index is -0.118. The van der Waals surface area contributed by atoms with E-state index in [0.717, 1.165) is 28.4 Å². The van der Waals surface area contributed by atoms with E-state index in [1.165, 1.54) is 17.3 Å². The van der Waals surface area contributed by atoms with Crippen LogP contribution in [0, 0.1) is 0 Å². The van der Waals surface area contributed by atoms with E-state index < -0.39 is 0 Å². The topological polar surface area (TPSA) is 85.0 Å². The maximum atomic E-state index is 13.4. The first kappa shape index (κ1) is 22.3. The van der Waals surface area contributed by atoms with Crippen molar-refractivity contribution in [2.24, 2.45) is 0 Å². The molecule has 0 bridgehead atoms. The second-order valence-electron chi connectivity index (χ2n) is 8.62. The van der Waals surface area contributed by atoms with Crippen LogP contribution in [0.1, 0.15) is 28.4 Å². The molecule has 6 aromatic rings. The van der Waals surface area contributed by atoms with E-state index in [1.54, 1.807) is 10.8 Å². The summed E-state index contributed by atoms with van der Waals surface area (Å²) in [6.07, 6.45) is 2.69. The first-order valence-corrected chi connectivity index (χ1v) is 12.8. The van der Waals surface area contributed by atoms with Crippen molar-refractivity contribution in [3.8, 4) is 0 Å². The Balaban J connectivity index is 1.39. The van der Waals surface area contributed by atoms with Crippen LogP contribution in [0.25, 0.3) is 27.6 Å². The number of fused-ring (bicyclic) bond motifs is 4. The molecule has 178 valence electrons. The van der Waals surface area contributed by atoms with Gasteiger partial charge in [0.05, 0.1) is 23.2 Å². The fraction of sp³-hybridized carbons (Fsp3) is 0.143. The van der Waals surface area contributed by atoms with Gasteiger partial charge in [-0.05, 0) is 29.7 Å². The Morgan fingerprint density at radius 3 is 2.56 bits per heavy atom. The molecule has 0 aliphatic rings. The molecule has 3 aromatic carbocycles. The molecule has 0 fully saturated rings. The normalized spacial score (nSPS) is 11.6. The summed E-state index contributed by atoms with van der Waals surface area (Å²) in [6, 6.07) is 23.3. The van der Waals surface area contributed by atoms with Gasteiger partial charge < -0.3 is 4.98 Å². The lowest BCUT2D eigenvalue weighted by atomic mass is 10.1. The van der Waals surface area contributed by atoms with Gasteiger partial charge in [-0.3, -0.25) is 18.6 Å². The Morgan fingerprint density at radius 2 is 1.72 bits per heavy atom. The lowest BCUT2D eigenvalue weighted by Gasteiger charge is -2.11. The van der Waals surface area contributed by atoms with E-state index in [4.69, 9.17) is 0 Å². The van der Waals surface area contributed by atoms with Crippen molar-refractivity contribution in [3.63, 3.8) is 0 Å². The molecule has 3 aromatic heterocycles. The van der Waals surface area contributed by atoms with Gasteiger partial charge in [0.2, 0.25) is 5.78 Å². The van der Waals surface area contributed by atoms with Crippen LogP contribution in [0.15, 0.2) is 88.9 Å². The zero-order chi connectivity index (χ0) is 24.6. The summed E-state index contributed by atoms with van der Waals surface area (Å²) in [6.45, 7) is 2.48. The Kier molecular flexibility index (Phi) is 5.65. The Hall–Kier alpha value is -4.17. The zero-order valence-electron chi connectivity index (χ0n) is 19.6. The van der Waals surface area contributed by atoms with Crippen LogP contribution < -0.4 is 5.56 Å². The van der Waals surface area contributed by atoms with Crippen LogP contribution in [0.3, 0.4) is 0 Å². The molecule has 0 spiro atoms. The maximum Gasteiger partial charge on any atom is 0.263 e. The number of rotatable bonds is 7. The molecule has 0 saturated heterocycles. The van der Waals surface area contributed by atoms with Gasteiger partial charge in [-0.25, -0.2) is 0 Å². The van der Waals surface area contributed by atoms with E-state index in [1.807, 2.05) is 71.1 Å². The molecule has 8 heteroatoms. The number of Topliss-reactive ketones (excluding diaryl/α,β-unsaturated/α-hetero) is 1. The highest BCUT2D eigenvalue weighted by Gasteiger charge is 2.19. The number of nitrogens with zero attached hydrogens (tertiary/aromatic N) is 4. The summed E-state index contributed by atoms with van der Waals surface area (Å²) in [4.78, 5) is 29.9. The highest BCUT2D eigenvalue weighted by molar-refractivity contribution is 7.99. The fourth-order valence-corrected chi connectivity index (χ4v) is 5.51. The molecule has 0 saturated carbocycles. The van der Waals surface area contributed by atoms with Crippen LogP contribution in [-0.2, 0) is 13.0 Å². The smallest absolute Gasteiger partial charge is 0.263 e. The Morgan fingerprint density at radius 1 is 0.944 bits per heavy atom. The SMILES string of the molecule is CCc1cccc2c(C(=O)CSc3nnc4n(Cc5ccccc5)c(=O)c5ccccc5n34)c[nH]c12. The van der Waals surface area contributed by atoms with Crippen molar-refractivity contribution in [2.45, 2.75) is 25.0 Å². The molecule has 36 heavy (non-hydrogen) atoms. The minimum absolute atomic E-state index is 0.0122. The standard InChI is InChI=1S/C28H23N5O2S/c1-2-19-11-8-13-20-22(15-29-25(19)20)24(34)17-36-28-31-30-27-32(16-18-9-4-3-5-10-18)26(35)21-12-6-7-14-23(21)33(27)28/h3-15,29H,2,16-17H2,1H3. The van der Waals surface area contributed by atoms with Crippen molar-refractivity contribution < 1.29 is 4.79 Å². The number of benzene rings is 3. The number of aryl methyl sites for hydroxylation is 1. The van der Waals surface area contributed by atoms with Crippen molar-refractivity contribution >= 4 is 45.1 Å². The van der Waals surface area contributed by atoms with Crippen LogP contribution in [-0.4, -0.2) is 35.7 Å². The fourth-order valence-electron chi connectivity index (χ4n) is 4.69. The number of aromatic amines is 1. The predicted octanol–water partition coefficient (Wildman–Crippen LogP) is 5.11. The molecule has 6 rings (SSSR count). The number of hydrogen-bond donors (Lipinski definition) is 1. The van der Waals surface area contributed by atoms with Crippen molar-refractivity contribution in [2.75, 3.05) is 5.75 Å². The lowest BCUT2D eigenvalue weighted by Crippen LogP contribution is -2.24. The first-order chi connectivity index (χ1) is 17.7. The molecule has 0 aliphatic heterocycles. The number of nitrogens with one attached hydrogen (secondary N) is 1. The molecule has 3 heterocycles. The van der Waals surface area contributed by atoms with E-state index in [9.17, 15) is 9.59 Å². The van der Waals surface area contributed by atoms with Crippen LogP contribution in [0.4, 0.5) is 0 Å². The highest BCUT2D eigenvalue weighted by atomic mass is 32.2. The summed E-state index contributed by atoms with van der Waals surface area (Å²) < 4.78 is 3.52. The van der Waals surface area contributed by atoms with Crippen LogP contribution in [0.5, 0.6) is 0 Å². The van der Waals surface area contributed by atoms with E-state index >= 15 is 0 Å². The summed E-state index contributed by atoms with van der Waals surface area (Å²) in [5.74, 6) is 0.673. The van der Waals surface area contributed by atoms with Gasteiger partial charge in [-0.15, -0.1) is 10.2 Å². The third-order valence-corrected chi connectivity index (χ3v) is 7.41. The number of ketones is 1. The van der Waals surface area contributed by atoms with E-state index in [2.05, 4.69) is 28.2 Å². The van der Waals surface area contributed by atoms with Crippen LogP contribution >= 0.6 is 11.8 Å². The highest BCUT2D eigenvalue weighted by Crippen LogP contribution is 2.26. The van der Waals surface area contributed by atoms with Gasteiger partial charge >= 0.3 is 0 Å². The van der Waals surface area contributed by atoms with Gasteiger partial charge in [0.1, 0.15) is 0 Å². The molecule has 1 N–H and O–H groups in total. The summed E-state index contributed by atoms with van der Waals surface area (Å²) in [7, 11) is 0.